The van der Waals surface area contributed by atoms with Crippen LogP contribution in [0.3, 0.4) is 0 Å². The van der Waals surface area contributed by atoms with Crippen molar-refractivity contribution in [2.75, 3.05) is 0 Å². The van der Waals surface area contributed by atoms with Gasteiger partial charge in [-0.15, -0.1) is 0 Å². The second-order valence-electron chi connectivity index (χ2n) is 5.68. The van der Waals surface area contributed by atoms with Gasteiger partial charge in [-0.2, -0.15) is 0 Å². The average molecular weight is 335 g/mol. The predicted octanol–water partition coefficient (Wildman–Crippen LogP) is 4.20. The number of hydrogen-bond donors (Lipinski definition) is 1. The van der Waals surface area contributed by atoms with Crippen LogP contribution < -0.4 is 5.73 Å². The topological polar surface area (TPSA) is 56.0 Å². The predicted molar refractivity (Wildman–Crippen MR) is 89.5 cm³/mol. The lowest BCUT2D eigenvalue weighted by Crippen LogP contribution is -2.10. The van der Waals surface area contributed by atoms with E-state index in [0.717, 1.165) is 27.9 Å². The third-order valence-electron chi connectivity index (χ3n) is 4.20. The van der Waals surface area contributed by atoms with Gasteiger partial charge in [0.05, 0.1) is 0 Å². The van der Waals surface area contributed by atoms with Crippen molar-refractivity contribution in [3.8, 4) is 11.1 Å². The Kier molecular flexibility index (Phi) is 3.98. The number of Topliss-reactive ketones (excluding diaryl/α,β-unsaturated/α-hetero) is 1. The normalized spacial score (nSPS) is 17.0. The van der Waals surface area contributed by atoms with Gasteiger partial charge in [0.2, 0.25) is 0 Å². The molecule has 2 N–H and O–H groups in total. The summed E-state index contributed by atoms with van der Waals surface area (Å²) >= 11 is 12.4. The van der Waals surface area contributed by atoms with Gasteiger partial charge in [0, 0.05) is 33.8 Å². The van der Waals surface area contributed by atoms with E-state index in [1.807, 2.05) is 19.9 Å². The summed E-state index contributed by atoms with van der Waals surface area (Å²) < 4.78 is 0. The first-order valence-electron chi connectivity index (χ1n) is 7.16. The summed E-state index contributed by atoms with van der Waals surface area (Å²) in [5.41, 5.74) is 11.0. The monoisotopic (exact) mass is 334 g/mol. The van der Waals surface area contributed by atoms with E-state index in [0.29, 0.717) is 28.7 Å². The molecule has 1 aromatic heterocycles. The second-order valence-corrected chi connectivity index (χ2v) is 6.52. The highest BCUT2D eigenvalue weighted by Gasteiger charge is 2.33. The molecule has 1 aromatic carbocycles. The van der Waals surface area contributed by atoms with Crippen LogP contribution in [0.1, 0.15) is 34.2 Å². The first-order valence-corrected chi connectivity index (χ1v) is 7.91. The number of ketones is 1. The van der Waals surface area contributed by atoms with E-state index < -0.39 is 0 Å². The number of carbonyl (C=O) groups is 1. The molecule has 0 amide bonds. The molecule has 1 aliphatic carbocycles. The average Bonchev–Trinajstić information content (AvgIpc) is 2.74. The maximum absolute atomic E-state index is 12.3. The van der Waals surface area contributed by atoms with Crippen LogP contribution in [-0.4, -0.2) is 10.8 Å². The number of halogens is 2. The van der Waals surface area contributed by atoms with Crippen molar-refractivity contribution >= 4 is 29.0 Å². The molecule has 22 heavy (non-hydrogen) atoms. The van der Waals surface area contributed by atoms with E-state index >= 15 is 0 Å². The van der Waals surface area contributed by atoms with Crippen molar-refractivity contribution in [2.45, 2.75) is 26.8 Å². The summed E-state index contributed by atoms with van der Waals surface area (Å²) in [5, 5.41) is 1.14. The molecule has 3 rings (SSSR count). The summed E-state index contributed by atoms with van der Waals surface area (Å²) in [6.45, 7) is 4.16. The molecule has 1 heterocycles. The highest BCUT2D eigenvalue weighted by molar-refractivity contribution is 6.36. The summed E-state index contributed by atoms with van der Waals surface area (Å²) in [7, 11) is 0. The Morgan fingerprint density at radius 2 is 2.09 bits per heavy atom. The molecule has 0 spiro atoms. The molecule has 0 bridgehead atoms. The van der Waals surface area contributed by atoms with E-state index in [4.69, 9.17) is 28.9 Å². The van der Waals surface area contributed by atoms with Crippen molar-refractivity contribution < 1.29 is 4.79 Å². The van der Waals surface area contributed by atoms with Gasteiger partial charge >= 0.3 is 0 Å². The number of carbonyl (C=O) groups excluding carboxylic acids is 1. The summed E-state index contributed by atoms with van der Waals surface area (Å²) in [4.78, 5) is 16.8. The Morgan fingerprint density at radius 3 is 2.73 bits per heavy atom. The van der Waals surface area contributed by atoms with Gasteiger partial charge in [-0.25, -0.2) is 4.98 Å². The SMILES string of the molecule is Cc1nc2c(c(-c3ccc(Cl)cc3Cl)c1CN)CC(C)C2=O. The lowest BCUT2D eigenvalue weighted by molar-refractivity contribution is 0.0942. The molecule has 0 saturated carbocycles. The molecule has 1 aliphatic rings. The minimum absolute atomic E-state index is 0.0558. The van der Waals surface area contributed by atoms with Crippen molar-refractivity contribution in [2.24, 2.45) is 11.7 Å². The fourth-order valence-corrected chi connectivity index (χ4v) is 3.59. The second kappa shape index (κ2) is 5.65. The molecule has 3 nitrogen and oxygen atoms in total. The largest absolute Gasteiger partial charge is 0.326 e. The number of aromatic nitrogens is 1. The summed E-state index contributed by atoms with van der Waals surface area (Å²) in [6.07, 6.45) is 0.669. The molecule has 1 unspecified atom stereocenters. The van der Waals surface area contributed by atoms with Crippen molar-refractivity contribution in [1.82, 2.24) is 4.98 Å². The third-order valence-corrected chi connectivity index (χ3v) is 4.75. The van der Waals surface area contributed by atoms with Gasteiger partial charge < -0.3 is 5.73 Å². The van der Waals surface area contributed by atoms with Crippen LogP contribution in [0.25, 0.3) is 11.1 Å². The molecule has 114 valence electrons. The number of nitrogens with two attached hydrogens (primary N) is 1. The summed E-state index contributed by atoms with van der Waals surface area (Å²) in [5.74, 6) is 0.0350. The van der Waals surface area contributed by atoms with Gasteiger partial charge in [-0.3, -0.25) is 4.79 Å². The zero-order valence-electron chi connectivity index (χ0n) is 12.4. The van der Waals surface area contributed by atoms with Crippen LogP contribution in [0.15, 0.2) is 18.2 Å². The van der Waals surface area contributed by atoms with Crippen LogP contribution >= 0.6 is 23.2 Å². The van der Waals surface area contributed by atoms with Crippen LogP contribution in [-0.2, 0) is 13.0 Å². The lowest BCUT2D eigenvalue weighted by atomic mass is 9.92. The van der Waals surface area contributed by atoms with Gasteiger partial charge in [0.15, 0.2) is 5.78 Å². The van der Waals surface area contributed by atoms with Crippen LogP contribution in [0.2, 0.25) is 10.0 Å². The smallest absolute Gasteiger partial charge is 0.184 e. The quantitative estimate of drug-likeness (QED) is 0.895. The number of rotatable bonds is 2. The van der Waals surface area contributed by atoms with Gasteiger partial charge in [0.1, 0.15) is 5.69 Å². The molecular formula is C17H16Cl2N2O. The van der Waals surface area contributed by atoms with E-state index in [9.17, 15) is 4.79 Å². The summed E-state index contributed by atoms with van der Waals surface area (Å²) in [6, 6.07) is 5.39. The van der Waals surface area contributed by atoms with Crippen molar-refractivity contribution in [3.63, 3.8) is 0 Å². The standard InChI is InChI=1S/C17H16Cl2N2O/c1-8-5-12-15(11-4-3-10(18)6-14(11)19)13(7-20)9(2)21-16(12)17(8)22/h3-4,6,8H,5,7,20H2,1-2H3. The number of hydrogen-bond acceptors (Lipinski definition) is 3. The fourth-order valence-electron chi connectivity index (χ4n) is 3.09. The maximum Gasteiger partial charge on any atom is 0.184 e. The molecular weight excluding hydrogens is 319 g/mol. The van der Waals surface area contributed by atoms with Gasteiger partial charge in [-0.1, -0.05) is 36.2 Å². The van der Waals surface area contributed by atoms with E-state index in [1.54, 1.807) is 12.1 Å². The molecule has 1 atom stereocenters. The number of fused-ring (bicyclic) bond motifs is 1. The zero-order chi connectivity index (χ0) is 16.0. The highest BCUT2D eigenvalue weighted by atomic mass is 35.5. The molecule has 0 radical (unpaired) electrons. The Morgan fingerprint density at radius 1 is 1.36 bits per heavy atom. The van der Waals surface area contributed by atoms with E-state index in [2.05, 4.69) is 4.98 Å². The number of nitrogens with zero attached hydrogens (tertiary/aromatic N) is 1. The van der Waals surface area contributed by atoms with E-state index in [-0.39, 0.29) is 11.7 Å². The minimum atomic E-state index is -0.0558. The number of aryl methyl sites for hydroxylation is 1. The molecule has 5 heteroatoms. The Hall–Kier alpha value is -1.42. The van der Waals surface area contributed by atoms with Crippen LogP contribution in [0, 0.1) is 12.8 Å². The molecule has 2 aromatic rings. The number of pyridine rings is 1. The number of benzene rings is 1. The maximum atomic E-state index is 12.3. The third kappa shape index (κ3) is 2.34. The zero-order valence-corrected chi connectivity index (χ0v) is 13.9. The highest BCUT2D eigenvalue weighted by Crippen LogP contribution is 2.40. The lowest BCUT2D eigenvalue weighted by Gasteiger charge is -2.17. The molecule has 0 fully saturated rings. The molecule has 0 saturated heterocycles. The Bertz CT molecular complexity index is 787. The molecule has 0 aliphatic heterocycles. The van der Waals surface area contributed by atoms with Crippen LogP contribution in [0.5, 0.6) is 0 Å². The van der Waals surface area contributed by atoms with Crippen LogP contribution in [0.4, 0.5) is 0 Å². The first-order chi connectivity index (χ1) is 10.4. The van der Waals surface area contributed by atoms with Crippen molar-refractivity contribution in [3.05, 3.63) is 50.8 Å². The van der Waals surface area contributed by atoms with Gasteiger partial charge in [0.25, 0.3) is 0 Å². The first kappa shape index (κ1) is 15.5. The van der Waals surface area contributed by atoms with E-state index in [1.165, 1.54) is 0 Å². The minimum Gasteiger partial charge on any atom is -0.326 e. The van der Waals surface area contributed by atoms with Gasteiger partial charge in [-0.05, 0) is 42.2 Å². The fraction of sp³-hybridized carbons (Fsp3) is 0.294. The Labute approximate surface area is 139 Å². The Balaban J connectivity index is 2.35. The van der Waals surface area contributed by atoms with Crippen molar-refractivity contribution in [1.29, 1.82) is 0 Å².